The first-order chi connectivity index (χ1) is 9.70. The maximum atomic E-state index is 13.3. The first-order valence-electron chi connectivity index (χ1n) is 5.74. The molecular formula is C13H11Br2FN2O2S. The lowest BCUT2D eigenvalue weighted by Crippen LogP contribution is -2.14. The van der Waals surface area contributed by atoms with Crippen LogP contribution >= 0.6 is 31.9 Å². The number of halogens is 3. The van der Waals surface area contributed by atoms with Gasteiger partial charge >= 0.3 is 0 Å². The Morgan fingerprint density at radius 3 is 2.43 bits per heavy atom. The van der Waals surface area contributed by atoms with Crippen LogP contribution < -0.4 is 10.5 Å². The number of benzene rings is 2. The minimum Gasteiger partial charge on any atom is -0.396 e. The second-order valence-corrected chi connectivity index (χ2v) is 7.75. The van der Waals surface area contributed by atoms with E-state index in [0.717, 1.165) is 17.7 Å². The zero-order valence-corrected chi connectivity index (χ0v) is 14.8. The van der Waals surface area contributed by atoms with E-state index in [1.807, 2.05) is 6.92 Å². The summed E-state index contributed by atoms with van der Waals surface area (Å²) in [5.74, 6) is -0.683. The molecule has 0 aromatic heterocycles. The van der Waals surface area contributed by atoms with Crippen LogP contribution in [0.4, 0.5) is 15.8 Å². The van der Waals surface area contributed by atoms with Crippen LogP contribution in [0.2, 0.25) is 0 Å². The van der Waals surface area contributed by atoms with Crippen molar-refractivity contribution in [1.29, 1.82) is 0 Å². The lowest BCUT2D eigenvalue weighted by molar-refractivity contribution is 0.599. The predicted molar refractivity (Wildman–Crippen MR) is 88.2 cm³/mol. The van der Waals surface area contributed by atoms with Crippen LogP contribution in [0.3, 0.4) is 0 Å². The zero-order chi connectivity index (χ0) is 15.8. The van der Waals surface area contributed by atoms with Gasteiger partial charge in [-0.1, -0.05) is 6.07 Å². The summed E-state index contributed by atoms with van der Waals surface area (Å²) in [6, 6.07) is 7.29. The highest BCUT2D eigenvalue weighted by molar-refractivity contribution is 9.11. The molecule has 112 valence electrons. The fourth-order valence-corrected chi connectivity index (χ4v) is 4.51. The summed E-state index contributed by atoms with van der Waals surface area (Å²) in [4.78, 5) is -0.131. The summed E-state index contributed by atoms with van der Waals surface area (Å²) >= 11 is 6.33. The molecule has 0 aliphatic carbocycles. The zero-order valence-electron chi connectivity index (χ0n) is 10.8. The van der Waals surface area contributed by atoms with Crippen LogP contribution in [-0.2, 0) is 10.0 Å². The Morgan fingerprint density at radius 2 is 1.81 bits per heavy atom. The van der Waals surface area contributed by atoms with Crippen molar-refractivity contribution in [2.24, 2.45) is 0 Å². The summed E-state index contributed by atoms with van der Waals surface area (Å²) in [6.07, 6.45) is 0. The van der Waals surface area contributed by atoms with Crippen molar-refractivity contribution < 1.29 is 12.8 Å². The molecule has 0 amide bonds. The molecule has 2 rings (SSSR count). The average molecular weight is 438 g/mol. The van der Waals surface area contributed by atoms with E-state index < -0.39 is 15.8 Å². The average Bonchev–Trinajstić information content (AvgIpc) is 2.37. The quantitative estimate of drug-likeness (QED) is 0.711. The fraction of sp³-hybridized carbons (Fsp3) is 0.0769. The second kappa shape index (κ2) is 5.94. The van der Waals surface area contributed by atoms with E-state index >= 15 is 0 Å². The molecule has 0 aliphatic rings. The molecule has 0 atom stereocenters. The van der Waals surface area contributed by atoms with E-state index in [9.17, 15) is 12.8 Å². The van der Waals surface area contributed by atoms with E-state index in [0.29, 0.717) is 10.2 Å². The molecule has 0 fully saturated rings. The van der Waals surface area contributed by atoms with Gasteiger partial charge in [-0.05, 0) is 68.6 Å². The molecule has 0 saturated carbocycles. The Morgan fingerprint density at radius 1 is 1.14 bits per heavy atom. The molecule has 8 heteroatoms. The summed E-state index contributed by atoms with van der Waals surface area (Å²) in [5, 5.41) is 0. The predicted octanol–water partition coefficient (Wildman–Crippen LogP) is 4.04. The molecule has 2 aromatic carbocycles. The molecule has 21 heavy (non-hydrogen) atoms. The van der Waals surface area contributed by atoms with Crippen molar-refractivity contribution >= 4 is 53.3 Å². The van der Waals surface area contributed by atoms with Crippen LogP contribution in [0.25, 0.3) is 0 Å². The van der Waals surface area contributed by atoms with Crippen molar-refractivity contribution in [3.8, 4) is 0 Å². The normalized spacial score (nSPS) is 11.4. The van der Waals surface area contributed by atoms with Crippen LogP contribution in [0, 0.1) is 12.7 Å². The minimum absolute atomic E-state index is 0.102. The van der Waals surface area contributed by atoms with Crippen molar-refractivity contribution in [2.75, 3.05) is 10.5 Å². The Labute approximate surface area is 138 Å². The number of aryl methyl sites for hydroxylation is 1. The highest BCUT2D eigenvalue weighted by Crippen LogP contribution is 2.30. The van der Waals surface area contributed by atoms with Crippen molar-refractivity contribution in [1.82, 2.24) is 0 Å². The van der Waals surface area contributed by atoms with Gasteiger partial charge in [-0.2, -0.15) is 0 Å². The SMILES string of the molecule is Cc1ccc(NS(=O)(=O)c2cc(N)c(F)cc2Br)c(Br)c1. The van der Waals surface area contributed by atoms with E-state index in [1.165, 1.54) is 0 Å². The molecular weight excluding hydrogens is 427 g/mol. The summed E-state index contributed by atoms with van der Waals surface area (Å²) < 4.78 is 41.2. The molecule has 3 N–H and O–H groups in total. The molecule has 0 aliphatic heterocycles. The number of nitrogens with two attached hydrogens (primary N) is 1. The van der Waals surface area contributed by atoms with E-state index in [4.69, 9.17) is 5.73 Å². The van der Waals surface area contributed by atoms with Crippen LogP contribution in [0.5, 0.6) is 0 Å². The van der Waals surface area contributed by atoms with Gasteiger partial charge in [0, 0.05) is 8.95 Å². The standard InChI is InChI=1S/C13H11Br2FN2O2S/c1-7-2-3-12(8(14)4-7)18-21(19,20)13-6-11(17)10(16)5-9(13)15/h2-6,18H,17H2,1H3. The van der Waals surface area contributed by atoms with Crippen molar-refractivity contribution in [3.05, 3.63) is 50.7 Å². The van der Waals surface area contributed by atoms with Gasteiger partial charge in [0.05, 0.1) is 11.4 Å². The van der Waals surface area contributed by atoms with Gasteiger partial charge < -0.3 is 5.73 Å². The molecule has 0 spiro atoms. The van der Waals surface area contributed by atoms with Gasteiger partial charge in [-0.25, -0.2) is 12.8 Å². The summed E-state index contributed by atoms with van der Waals surface area (Å²) in [7, 11) is -3.89. The van der Waals surface area contributed by atoms with Gasteiger partial charge in [0.2, 0.25) is 0 Å². The van der Waals surface area contributed by atoms with Gasteiger partial charge in [0.15, 0.2) is 0 Å². The molecule has 0 unspecified atom stereocenters. The number of hydrogen-bond donors (Lipinski definition) is 2. The fourth-order valence-electron chi connectivity index (χ4n) is 1.65. The smallest absolute Gasteiger partial charge is 0.263 e. The third-order valence-corrected chi connectivity index (χ3v) is 5.69. The van der Waals surface area contributed by atoms with E-state index in [1.54, 1.807) is 18.2 Å². The number of nitrogens with one attached hydrogen (secondary N) is 1. The minimum atomic E-state index is -3.89. The van der Waals surface area contributed by atoms with E-state index in [2.05, 4.69) is 36.6 Å². The molecule has 2 aromatic rings. The third kappa shape index (κ3) is 3.56. The van der Waals surface area contributed by atoms with Crippen molar-refractivity contribution in [3.63, 3.8) is 0 Å². The van der Waals surface area contributed by atoms with E-state index in [-0.39, 0.29) is 15.1 Å². The molecule has 0 radical (unpaired) electrons. The van der Waals surface area contributed by atoms with Crippen LogP contribution in [-0.4, -0.2) is 8.42 Å². The first kappa shape index (κ1) is 16.3. The Balaban J connectivity index is 2.46. The third-order valence-electron chi connectivity index (χ3n) is 2.71. The topological polar surface area (TPSA) is 72.2 Å². The van der Waals surface area contributed by atoms with Gasteiger partial charge in [-0.15, -0.1) is 0 Å². The largest absolute Gasteiger partial charge is 0.396 e. The van der Waals surface area contributed by atoms with Gasteiger partial charge in [0.1, 0.15) is 10.7 Å². The highest BCUT2D eigenvalue weighted by Gasteiger charge is 2.20. The second-order valence-electron chi connectivity index (χ2n) is 4.39. The van der Waals surface area contributed by atoms with Crippen molar-refractivity contribution in [2.45, 2.75) is 11.8 Å². The number of rotatable bonds is 3. The summed E-state index contributed by atoms with van der Waals surface area (Å²) in [6.45, 7) is 1.89. The molecule has 0 saturated heterocycles. The molecule has 4 nitrogen and oxygen atoms in total. The number of anilines is 2. The monoisotopic (exact) mass is 436 g/mol. The Hall–Kier alpha value is -1.12. The number of hydrogen-bond acceptors (Lipinski definition) is 3. The first-order valence-corrected chi connectivity index (χ1v) is 8.81. The Kier molecular flexibility index (Phi) is 4.60. The molecule has 0 heterocycles. The lowest BCUT2D eigenvalue weighted by Gasteiger charge is -2.12. The van der Waals surface area contributed by atoms with Gasteiger partial charge in [0.25, 0.3) is 10.0 Å². The summed E-state index contributed by atoms with van der Waals surface area (Å²) in [5.41, 5.74) is 6.57. The maximum absolute atomic E-state index is 13.3. The van der Waals surface area contributed by atoms with Crippen LogP contribution in [0.15, 0.2) is 44.2 Å². The maximum Gasteiger partial charge on any atom is 0.263 e. The number of nitrogen functional groups attached to an aromatic ring is 1. The Bertz CT molecular complexity index is 810. The molecule has 0 bridgehead atoms. The highest BCUT2D eigenvalue weighted by atomic mass is 79.9. The number of sulfonamides is 1. The lowest BCUT2D eigenvalue weighted by atomic mass is 10.2. The van der Waals surface area contributed by atoms with Gasteiger partial charge in [-0.3, -0.25) is 4.72 Å². The van der Waals surface area contributed by atoms with Crippen LogP contribution in [0.1, 0.15) is 5.56 Å².